The van der Waals surface area contributed by atoms with Crippen LogP contribution in [0.15, 0.2) is 114 Å². The minimum absolute atomic E-state index is 0.0492. The van der Waals surface area contributed by atoms with Gasteiger partial charge in [-0.1, -0.05) is 184 Å². The molecule has 2 heterocycles. The monoisotopic (exact) mass is 1780 g/mol. The fraction of sp³-hybridized carbons (Fsp3) is 0.650. The second kappa shape index (κ2) is 64.3. The Morgan fingerprint density at radius 3 is 1.57 bits per heavy atom. The summed E-state index contributed by atoms with van der Waals surface area (Å²) in [6.45, 7) is 22.9. The average molecular weight is 1790 g/mol. The van der Waals surface area contributed by atoms with Crippen LogP contribution in [-0.4, -0.2) is 223 Å². The summed E-state index contributed by atoms with van der Waals surface area (Å²) in [5, 5.41) is 15.3. The van der Waals surface area contributed by atoms with Gasteiger partial charge in [0, 0.05) is 136 Å². The van der Waals surface area contributed by atoms with E-state index in [0.717, 1.165) is 82.9 Å². The molecule has 24 heteroatoms. The first-order valence-electron chi connectivity index (χ1n) is 47.9. The zero-order chi connectivity index (χ0) is 91.5. The normalized spacial score (nSPS) is 15.2. The first-order valence-corrected chi connectivity index (χ1v) is 49.0. The number of esters is 1. The lowest BCUT2D eigenvalue weighted by atomic mass is 9.79. The molecule has 1 aliphatic carbocycles. The number of aliphatic hydroxyl groups is 1. The summed E-state index contributed by atoms with van der Waals surface area (Å²) in [4.78, 5) is 117. The van der Waals surface area contributed by atoms with E-state index < -0.39 is 42.9 Å². The molecule has 0 spiro atoms. The van der Waals surface area contributed by atoms with E-state index in [-0.39, 0.29) is 104 Å². The maximum atomic E-state index is 13.7. The van der Waals surface area contributed by atoms with Gasteiger partial charge in [0.05, 0.1) is 70.9 Å². The van der Waals surface area contributed by atoms with Crippen molar-refractivity contribution in [1.29, 1.82) is 0 Å². The van der Waals surface area contributed by atoms with Gasteiger partial charge in [-0.15, -0.1) is 0 Å². The van der Waals surface area contributed by atoms with Gasteiger partial charge in [0.25, 0.3) is 0 Å². The number of rotatable bonds is 76. The Labute approximate surface area is 763 Å². The molecule has 2 aliphatic heterocycles. The van der Waals surface area contributed by atoms with E-state index in [1.807, 2.05) is 12.1 Å². The molecular formula is C103H155N4O19S+. The Hall–Kier alpha value is -7.49. The largest absolute Gasteiger partial charge is 0.465 e. The third-order valence-electron chi connectivity index (χ3n) is 23.3. The van der Waals surface area contributed by atoms with Gasteiger partial charge in [0.2, 0.25) is 17.5 Å². The van der Waals surface area contributed by atoms with E-state index in [4.69, 9.17) is 42.6 Å². The van der Waals surface area contributed by atoms with Gasteiger partial charge >= 0.3 is 5.97 Å². The molecule has 127 heavy (non-hydrogen) atoms. The highest BCUT2D eigenvalue weighted by molar-refractivity contribution is 7.99. The van der Waals surface area contributed by atoms with Gasteiger partial charge in [-0.25, -0.2) is 0 Å². The van der Waals surface area contributed by atoms with Crippen LogP contribution < -0.4 is 15.5 Å². The molecule has 0 fully saturated rings. The van der Waals surface area contributed by atoms with Crippen molar-refractivity contribution in [3.63, 3.8) is 0 Å². The summed E-state index contributed by atoms with van der Waals surface area (Å²) >= 11 is 1.30. The predicted molar refractivity (Wildman–Crippen MR) is 505 cm³/mol. The average Bonchev–Trinajstić information content (AvgIpc) is 1.60. The number of benzene rings is 3. The van der Waals surface area contributed by atoms with Gasteiger partial charge in [0.1, 0.15) is 45.6 Å². The number of ketones is 6. The summed E-state index contributed by atoms with van der Waals surface area (Å²) in [6.07, 6.45) is 36.1. The number of amides is 2. The topological polar surface area (TPSA) is 287 Å². The molecule has 2 atom stereocenters. The lowest BCUT2D eigenvalue weighted by Gasteiger charge is -2.27. The molecular weight excluding hydrogens is 1630 g/mol. The quantitative estimate of drug-likeness (QED) is 0.0205. The molecule has 3 aliphatic rings. The number of carbonyl (C=O) groups excluding carboxylic acids is 9. The number of nitrogens with one attached hydrogen (secondary N) is 2. The number of anilines is 1. The van der Waals surface area contributed by atoms with Crippen molar-refractivity contribution in [3.05, 3.63) is 136 Å². The zero-order valence-corrected chi connectivity index (χ0v) is 79.2. The molecule has 6 rings (SSSR count). The number of para-hydroxylation sites is 2. The van der Waals surface area contributed by atoms with Crippen molar-refractivity contribution >= 4 is 86.9 Å². The van der Waals surface area contributed by atoms with Crippen molar-refractivity contribution < 1.29 is 95.5 Å². The van der Waals surface area contributed by atoms with Gasteiger partial charge < -0.3 is 63.3 Å². The van der Waals surface area contributed by atoms with Crippen molar-refractivity contribution in [1.82, 2.24) is 10.6 Å². The molecule has 3 N–H and O–H groups in total. The fourth-order valence-corrected chi connectivity index (χ4v) is 17.2. The van der Waals surface area contributed by atoms with E-state index >= 15 is 0 Å². The molecule has 0 bridgehead atoms. The minimum atomic E-state index is -1.17. The number of hydrogen-bond acceptors (Lipinski definition) is 21. The number of Topliss-reactive ketones (excluding diaryl/α,β-unsaturated/α-hetero) is 6. The van der Waals surface area contributed by atoms with Crippen molar-refractivity contribution in [2.24, 2.45) is 0 Å². The number of carbonyl (C=O) groups is 9. The Bertz CT molecular complexity index is 3960. The smallest absolute Gasteiger partial charge is 0.305 e. The van der Waals surface area contributed by atoms with Crippen LogP contribution in [0.2, 0.25) is 0 Å². The highest BCUT2D eigenvalue weighted by Gasteiger charge is 2.44. The van der Waals surface area contributed by atoms with Gasteiger partial charge in [-0.3, -0.25) is 43.2 Å². The van der Waals surface area contributed by atoms with E-state index in [9.17, 15) is 48.3 Å². The number of hydrogen-bond donors (Lipinski definition) is 3. The maximum absolute atomic E-state index is 13.7. The number of nitrogens with zero attached hydrogens (tertiary/aromatic N) is 2. The molecule has 706 valence electrons. The van der Waals surface area contributed by atoms with Crippen LogP contribution in [0.1, 0.15) is 294 Å². The molecule has 0 unspecified atom stereocenters. The van der Waals surface area contributed by atoms with Crippen molar-refractivity contribution in [3.8, 4) is 0 Å². The summed E-state index contributed by atoms with van der Waals surface area (Å²) in [5.74, 6) is -2.15. The first kappa shape index (κ1) is 108. The Morgan fingerprint density at radius 2 is 1.00 bits per heavy atom. The van der Waals surface area contributed by atoms with Crippen LogP contribution in [-0.2, 0) is 91.8 Å². The maximum Gasteiger partial charge on any atom is 0.305 e. The van der Waals surface area contributed by atoms with Crippen LogP contribution in [0.4, 0.5) is 11.4 Å². The van der Waals surface area contributed by atoms with Crippen LogP contribution in [0, 0.1) is 0 Å². The van der Waals surface area contributed by atoms with Crippen LogP contribution in [0.5, 0.6) is 0 Å². The summed E-state index contributed by atoms with van der Waals surface area (Å²) in [7, 11) is 0. The highest BCUT2D eigenvalue weighted by Crippen LogP contribution is 2.49. The van der Waals surface area contributed by atoms with E-state index in [1.165, 1.54) is 127 Å². The molecule has 3 aromatic rings. The minimum Gasteiger partial charge on any atom is -0.465 e. The van der Waals surface area contributed by atoms with Gasteiger partial charge in [-0.05, 0) is 144 Å². The lowest BCUT2D eigenvalue weighted by Crippen LogP contribution is -2.46. The zero-order valence-electron chi connectivity index (χ0n) is 78.4. The number of ether oxygens (including phenoxy) is 9. The predicted octanol–water partition coefficient (Wildman–Crippen LogP) is 18.0. The van der Waals surface area contributed by atoms with Crippen LogP contribution in [0.3, 0.4) is 0 Å². The third-order valence-corrected chi connectivity index (χ3v) is 24.4. The van der Waals surface area contributed by atoms with Crippen LogP contribution in [0.25, 0.3) is 5.57 Å². The van der Waals surface area contributed by atoms with Crippen molar-refractivity contribution in [2.45, 2.75) is 290 Å². The number of thioether (sulfide) groups is 1. The fourth-order valence-electron chi connectivity index (χ4n) is 16.3. The van der Waals surface area contributed by atoms with E-state index in [0.29, 0.717) is 155 Å². The first-order chi connectivity index (χ1) is 61.6. The van der Waals surface area contributed by atoms with Crippen LogP contribution >= 0.6 is 11.8 Å². The lowest BCUT2D eigenvalue weighted by molar-refractivity contribution is -0.437. The van der Waals surface area contributed by atoms with E-state index in [1.54, 1.807) is 0 Å². The standard InChI is InChI=1S/C103H154N4O19S/c1-9-12-13-14-15-16-17-18-19-20-21-22-23-47-100(117)126-72-73-127-79-90(95(114)54-57-98(115)104-89(74-108)94(113)46-31-35-63-121-67-71-123-69-64-118-60-32-28-39-85(110)76-124-75-80(4)109)105-99(116)78-125-77-86(111)40-29-33-61-119-65-68-122-70-66-120-62-34-30-45-93(112)81-48-50-84(51-49-81)101-82(52-55-96-102(5,6)87-41-24-26-43-91(87)106(96)58-10-2)37-36-38-83(101)53-56-97-103(7,8)88-42-25-27-44-92(88)107(97)59-11-3/h24-27,41-44,48-53,55-56,89-90,108H,9-23,28-40,45-47,54,57-79H2,1-8H3,(H-,104,105,115,116)/p+1/t89-,90+/m1/s1. The number of fused-ring (bicyclic) bond motifs is 2. The summed E-state index contributed by atoms with van der Waals surface area (Å²) in [5.41, 5.74) is 13.3. The van der Waals surface area contributed by atoms with Gasteiger partial charge in [0.15, 0.2) is 40.4 Å². The summed E-state index contributed by atoms with van der Waals surface area (Å²) in [6, 6.07) is 23.8. The molecule has 0 saturated heterocycles. The van der Waals surface area contributed by atoms with Crippen molar-refractivity contribution in [2.75, 3.05) is 148 Å². The number of aliphatic hydroxyl groups excluding tert-OH is 1. The molecule has 0 saturated carbocycles. The molecule has 2 amide bonds. The Balaban J connectivity index is 0.842. The Kier molecular flexibility index (Phi) is 54.8. The highest BCUT2D eigenvalue weighted by atomic mass is 32.2. The second-order valence-electron chi connectivity index (χ2n) is 34.7. The number of allylic oxidation sites excluding steroid dienone is 8. The summed E-state index contributed by atoms with van der Waals surface area (Å²) < 4.78 is 52.6. The SMILES string of the molecule is CCCCCCCCCCCCCCCC(=O)OCCSC[C@H](NC(=O)COCC(=O)CCCCOCCOCCOCCCCC(=O)c1ccc(C2=C(/C=C/C3=[N+](CCC)c4ccccc4C3(C)C)CCC/C2=C\C=C2\N(CCC)c3ccccc3C2(C)C)cc1)C(=O)CCC(=O)N[C@H](CO)C(=O)CCCCOCCOCCOCCCCC(=O)COCC(C)=O. The third kappa shape index (κ3) is 41.7. The number of unbranched alkanes of at least 4 members (excludes halogenated alkanes) is 16. The second-order valence-corrected chi connectivity index (χ2v) is 35.9. The molecule has 0 radical (unpaired) electrons. The molecule has 0 aromatic heterocycles. The van der Waals surface area contributed by atoms with E-state index in [2.05, 4.69) is 154 Å². The Morgan fingerprint density at radius 1 is 0.480 bits per heavy atom. The molecule has 3 aromatic carbocycles. The van der Waals surface area contributed by atoms with Gasteiger partial charge in [-0.2, -0.15) is 16.3 Å². The molecule has 23 nitrogen and oxygen atoms in total.